The number of halogens is 2. The number of hydrogen-bond acceptors (Lipinski definition) is 1. The van der Waals surface area contributed by atoms with Gasteiger partial charge >= 0.3 is 0 Å². The highest BCUT2D eigenvalue weighted by molar-refractivity contribution is 5.83. The minimum atomic E-state index is -0.909. The molecule has 0 aromatic heterocycles. The number of nitrogens with zero attached hydrogens (tertiary/aromatic N) is 1. The van der Waals surface area contributed by atoms with Gasteiger partial charge in [-0.05, 0) is 30.5 Å². The van der Waals surface area contributed by atoms with Crippen LogP contribution in [0.4, 0.5) is 8.78 Å². The maximum atomic E-state index is 14.3. The molecular weight excluding hydrogens is 292 g/mol. The van der Waals surface area contributed by atoms with Crippen molar-refractivity contribution >= 4 is 11.7 Å². The van der Waals surface area contributed by atoms with Crippen LogP contribution in [-0.4, -0.2) is 0 Å². The second kappa shape index (κ2) is 8.24. The highest BCUT2D eigenvalue weighted by Gasteiger charge is 2.11. The van der Waals surface area contributed by atoms with E-state index in [1.165, 1.54) is 30.7 Å². The van der Waals surface area contributed by atoms with Gasteiger partial charge in [-0.25, -0.2) is 8.78 Å². The van der Waals surface area contributed by atoms with Crippen LogP contribution >= 0.6 is 0 Å². The van der Waals surface area contributed by atoms with Gasteiger partial charge in [0.25, 0.3) is 0 Å². The Labute approximate surface area is 135 Å². The van der Waals surface area contributed by atoms with Crippen molar-refractivity contribution in [3.8, 4) is 6.07 Å². The van der Waals surface area contributed by atoms with E-state index >= 15 is 0 Å². The molecule has 0 fully saturated rings. The topological polar surface area (TPSA) is 23.8 Å². The molecule has 3 heteroatoms. The lowest BCUT2D eigenvalue weighted by Crippen LogP contribution is -1.88. The van der Waals surface area contributed by atoms with Crippen molar-refractivity contribution in [1.29, 1.82) is 5.26 Å². The smallest absolute Gasteiger partial charge is 0.166 e. The van der Waals surface area contributed by atoms with E-state index in [-0.39, 0.29) is 11.1 Å². The molecule has 0 spiro atoms. The van der Waals surface area contributed by atoms with Crippen LogP contribution in [0.25, 0.3) is 11.7 Å². The number of benzene rings is 2. The van der Waals surface area contributed by atoms with Gasteiger partial charge in [-0.1, -0.05) is 56.2 Å². The molecule has 118 valence electrons. The summed E-state index contributed by atoms with van der Waals surface area (Å²) in [6.07, 6.45) is 4.39. The first-order chi connectivity index (χ1) is 11.2. The zero-order chi connectivity index (χ0) is 16.7. The van der Waals surface area contributed by atoms with Crippen LogP contribution in [0.1, 0.15) is 48.4 Å². The van der Waals surface area contributed by atoms with E-state index in [1.54, 1.807) is 12.1 Å². The summed E-state index contributed by atoms with van der Waals surface area (Å²) in [5.41, 5.74) is 1.91. The molecule has 0 aliphatic heterocycles. The van der Waals surface area contributed by atoms with Crippen LogP contribution in [-0.2, 0) is 6.42 Å². The summed E-state index contributed by atoms with van der Waals surface area (Å²) < 4.78 is 28.5. The predicted molar refractivity (Wildman–Crippen MR) is 89.9 cm³/mol. The molecular formula is C20H19F2N. The predicted octanol–water partition coefficient (Wildman–Crippen LogP) is 6.06. The SMILES string of the molecule is CCCCCc1ccc(C(F)=C(F)c2ccc(C#N)cc2)cc1. The monoisotopic (exact) mass is 311 g/mol. The lowest BCUT2D eigenvalue weighted by Gasteiger charge is -2.05. The Morgan fingerprint density at radius 1 is 0.870 bits per heavy atom. The third-order valence-corrected chi connectivity index (χ3v) is 3.74. The van der Waals surface area contributed by atoms with E-state index in [0.29, 0.717) is 5.56 Å². The quantitative estimate of drug-likeness (QED) is 0.470. The Kier molecular flexibility index (Phi) is 6.05. The molecule has 0 aliphatic rings. The normalized spacial score (nSPS) is 11.7. The molecule has 0 atom stereocenters. The molecule has 0 N–H and O–H groups in total. The second-order valence-electron chi connectivity index (χ2n) is 5.47. The fourth-order valence-corrected chi connectivity index (χ4v) is 2.34. The van der Waals surface area contributed by atoms with Crippen molar-refractivity contribution in [2.24, 2.45) is 0 Å². The average Bonchev–Trinajstić information content (AvgIpc) is 2.61. The molecule has 0 aliphatic carbocycles. The standard InChI is InChI=1S/C20H19F2N/c1-2-3-4-5-15-6-10-17(11-7-15)19(21)20(22)18-12-8-16(14-23)9-13-18/h6-13H,2-5H2,1H3. The largest absolute Gasteiger partial charge is 0.203 e. The Hall–Kier alpha value is -2.47. The number of nitriles is 1. The van der Waals surface area contributed by atoms with Crippen molar-refractivity contribution in [1.82, 2.24) is 0 Å². The summed E-state index contributed by atoms with van der Waals surface area (Å²) in [6.45, 7) is 2.15. The Morgan fingerprint density at radius 3 is 1.87 bits per heavy atom. The van der Waals surface area contributed by atoms with Gasteiger partial charge in [0.1, 0.15) is 0 Å². The number of hydrogen-bond donors (Lipinski definition) is 0. The lowest BCUT2D eigenvalue weighted by molar-refractivity contribution is 0.699. The highest BCUT2D eigenvalue weighted by Crippen LogP contribution is 2.29. The fraction of sp³-hybridized carbons (Fsp3) is 0.250. The van der Waals surface area contributed by atoms with E-state index < -0.39 is 11.7 Å². The Bertz CT molecular complexity index is 707. The second-order valence-corrected chi connectivity index (χ2v) is 5.47. The van der Waals surface area contributed by atoms with Gasteiger partial charge in [0, 0.05) is 11.1 Å². The molecule has 23 heavy (non-hydrogen) atoms. The van der Waals surface area contributed by atoms with Crippen LogP contribution in [0.5, 0.6) is 0 Å². The molecule has 0 saturated carbocycles. The number of aryl methyl sites for hydroxylation is 1. The maximum absolute atomic E-state index is 14.3. The third-order valence-electron chi connectivity index (χ3n) is 3.74. The molecule has 2 rings (SSSR count). The molecule has 2 aromatic rings. The van der Waals surface area contributed by atoms with Gasteiger partial charge in [0.15, 0.2) is 11.7 Å². The summed E-state index contributed by atoms with van der Waals surface area (Å²) in [6, 6.07) is 14.6. The number of unbranched alkanes of at least 4 members (excludes halogenated alkanes) is 2. The van der Waals surface area contributed by atoms with Gasteiger partial charge in [0.2, 0.25) is 0 Å². The van der Waals surface area contributed by atoms with Crippen molar-refractivity contribution in [3.05, 3.63) is 70.8 Å². The first kappa shape index (κ1) is 16.9. The van der Waals surface area contributed by atoms with Crippen LogP contribution in [0.3, 0.4) is 0 Å². The minimum Gasteiger partial charge on any atom is -0.203 e. The molecule has 0 heterocycles. The summed E-state index contributed by atoms with van der Waals surface area (Å²) >= 11 is 0. The van der Waals surface area contributed by atoms with Crippen LogP contribution in [0.2, 0.25) is 0 Å². The molecule has 0 bridgehead atoms. The Morgan fingerprint density at radius 2 is 1.39 bits per heavy atom. The van der Waals surface area contributed by atoms with E-state index in [0.717, 1.165) is 24.8 Å². The molecule has 1 nitrogen and oxygen atoms in total. The van der Waals surface area contributed by atoms with Gasteiger partial charge in [-0.3, -0.25) is 0 Å². The molecule has 0 unspecified atom stereocenters. The minimum absolute atomic E-state index is 0.133. The summed E-state index contributed by atoms with van der Waals surface area (Å²) in [5.74, 6) is -1.79. The fourth-order valence-electron chi connectivity index (χ4n) is 2.34. The zero-order valence-corrected chi connectivity index (χ0v) is 13.2. The van der Waals surface area contributed by atoms with Crippen molar-refractivity contribution in [2.75, 3.05) is 0 Å². The van der Waals surface area contributed by atoms with Crippen molar-refractivity contribution < 1.29 is 8.78 Å². The third kappa shape index (κ3) is 4.50. The first-order valence-corrected chi connectivity index (χ1v) is 7.80. The van der Waals surface area contributed by atoms with Crippen LogP contribution in [0.15, 0.2) is 48.5 Å². The van der Waals surface area contributed by atoms with E-state index in [1.807, 2.05) is 18.2 Å². The van der Waals surface area contributed by atoms with Crippen molar-refractivity contribution in [2.45, 2.75) is 32.6 Å². The van der Waals surface area contributed by atoms with Crippen molar-refractivity contribution in [3.63, 3.8) is 0 Å². The van der Waals surface area contributed by atoms with E-state index in [4.69, 9.17) is 5.26 Å². The summed E-state index contributed by atoms with van der Waals surface area (Å²) in [4.78, 5) is 0. The van der Waals surface area contributed by atoms with Crippen LogP contribution < -0.4 is 0 Å². The maximum Gasteiger partial charge on any atom is 0.166 e. The molecule has 0 radical (unpaired) electrons. The average molecular weight is 311 g/mol. The van der Waals surface area contributed by atoms with Gasteiger partial charge in [0.05, 0.1) is 11.6 Å². The Balaban J connectivity index is 2.17. The van der Waals surface area contributed by atoms with Gasteiger partial charge in [-0.2, -0.15) is 5.26 Å². The van der Waals surface area contributed by atoms with Gasteiger partial charge < -0.3 is 0 Å². The highest BCUT2D eigenvalue weighted by atomic mass is 19.2. The molecule has 0 amide bonds. The van der Waals surface area contributed by atoms with Gasteiger partial charge in [-0.15, -0.1) is 0 Å². The van der Waals surface area contributed by atoms with E-state index in [9.17, 15) is 8.78 Å². The summed E-state index contributed by atoms with van der Waals surface area (Å²) in [5, 5.41) is 8.73. The number of rotatable bonds is 6. The van der Waals surface area contributed by atoms with E-state index in [2.05, 4.69) is 6.92 Å². The van der Waals surface area contributed by atoms with Crippen LogP contribution in [0, 0.1) is 11.3 Å². The summed E-state index contributed by atoms with van der Waals surface area (Å²) in [7, 11) is 0. The zero-order valence-electron chi connectivity index (χ0n) is 13.2. The molecule has 2 aromatic carbocycles. The molecule has 0 saturated heterocycles. The first-order valence-electron chi connectivity index (χ1n) is 7.80. The lowest BCUT2D eigenvalue weighted by atomic mass is 10.0.